The molecule has 3 rings (SSSR count). The number of hydrogen-bond donors (Lipinski definition) is 1. The molecule has 6 nitrogen and oxygen atoms in total. The number of nitrogens with zero attached hydrogens (tertiary/aromatic N) is 1. The molecule has 0 amide bonds. The van der Waals surface area contributed by atoms with Gasteiger partial charge in [-0.1, -0.05) is 44.2 Å². The highest BCUT2D eigenvalue weighted by Crippen LogP contribution is 2.30. The summed E-state index contributed by atoms with van der Waals surface area (Å²) in [6.45, 7) is 6.17. The lowest BCUT2D eigenvalue weighted by molar-refractivity contribution is 0.587. The third-order valence-electron chi connectivity index (χ3n) is 4.04. The zero-order chi connectivity index (χ0) is 20.0. The van der Waals surface area contributed by atoms with Crippen molar-refractivity contribution in [3.8, 4) is 0 Å². The van der Waals surface area contributed by atoms with E-state index in [-0.39, 0.29) is 20.3 Å². The second kappa shape index (κ2) is 6.57. The van der Waals surface area contributed by atoms with Crippen LogP contribution in [0.5, 0.6) is 0 Å². The second-order valence-electron chi connectivity index (χ2n) is 7.30. The van der Waals surface area contributed by atoms with Crippen molar-refractivity contribution in [2.75, 3.05) is 11.0 Å². The van der Waals surface area contributed by atoms with Crippen molar-refractivity contribution in [1.82, 2.24) is 4.98 Å². The van der Waals surface area contributed by atoms with Crippen LogP contribution in [0.1, 0.15) is 26.3 Å². The fraction of sp³-hybridized carbons (Fsp3) is 0.278. The Morgan fingerprint density at radius 3 is 2.07 bits per heavy atom. The monoisotopic (exact) mass is 424 g/mol. The summed E-state index contributed by atoms with van der Waals surface area (Å²) in [4.78, 5) is 4.55. The van der Waals surface area contributed by atoms with Crippen LogP contribution < -0.4 is 4.72 Å². The Morgan fingerprint density at radius 2 is 1.52 bits per heavy atom. The quantitative estimate of drug-likeness (QED) is 0.688. The van der Waals surface area contributed by atoms with Gasteiger partial charge < -0.3 is 0 Å². The van der Waals surface area contributed by atoms with Crippen LogP contribution in [0.3, 0.4) is 0 Å². The lowest BCUT2D eigenvalue weighted by Crippen LogP contribution is -2.14. The summed E-state index contributed by atoms with van der Waals surface area (Å²) in [6.07, 6.45) is 1.13. The number of rotatable bonds is 4. The maximum atomic E-state index is 12.6. The van der Waals surface area contributed by atoms with Crippen LogP contribution in [-0.4, -0.2) is 28.1 Å². The molecule has 27 heavy (non-hydrogen) atoms. The number of anilines is 1. The van der Waals surface area contributed by atoms with E-state index in [0.717, 1.165) is 23.2 Å². The zero-order valence-electron chi connectivity index (χ0n) is 15.3. The number of hydrogen-bond acceptors (Lipinski definition) is 6. The van der Waals surface area contributed by atoms with Gasteiger partial charge in [-0.15, -0.1) is 0 Å². The van der Waals surface area contributed by atoms with E-state index in [0.29, 0.717) is 10.2 Å². The van der Waals surface area contributed by atoms with Crippen molar-refractivity contribution in [2.24, 2.45) is 0 Å². The summed E-state index contributed by atoms with van der Waals surface area (Å²) in [5.41, 5.74) is 1.50. The Labute approximate surface area is 163 Å². The van der Waals surface area contributed by atoms with Crippen molar-refractivity contribution in [3.05, 3.63) is 48.0 Å². The first-order valence-electron chi connectivity index (χ1n) is 8.10. The van der Waals surface area contributed by atoms with Crippen molar-refractivity contribution in [3.63, 3.8) is 0 Å². The molecule has 1 aromatic heterocycles. The third-order valence-corrected chi connectivity index (χ3v) is 7.57. The van der Waals surface area contributed by atoms with Crippen LogP contribution in [0.2, 0.25) is 0 Å². The summed E-state index contributed by atoms with van der Waals surface area (Å²) in [5, 5.41) is 0.190. The highest BCUT2D eigenvalue weighted by molar-refractivity contribution is 7.93. The molecule has 0 aliphatic heterocycles. The van der Waals surface area contributed by atoms with Crippen LogP contribution in [0, 0.1) is 0 Å². The first-order chi connectivity index (χ1) is 12.4. The fourth-order valence-corrected chi connectivity index (χ4v) is 5.35. The maximum absolute atomic E-state index is 12.6. The predicted molar refractivity (Wildman–Crippen MR) is 109 cm³/mol. The molecular weight excluding hydrogens is 404 g/mol. The minimum absolute atomic E-state index is 0.0694. The van der Waals surface area contributed by atoms with Gasteiger partial charge in [0.25, 0.3) is 10.0 Å². The molecule has 2 aromatic carbocycles. The normalized spacial score (nSPS) is 13.0. The van der Waals surface area contributed by atoms with Crippen LogP contribution in [0.15, 0.2) is 52.3 Å². The lowest BCUT2D eigenvalue weighted by Gasteiger charge is -2.19. The number of sulfone groups is 1. The van der Waals surface area contributed by atoms with Gasteiger partial charge in [0.05, 0.1) is 20.0 Å². The van der Waals surface area contributed by atoms with E-state index in [1.54, 1.807) is 30.3 Å². The fourth-order valence-electron chi connectivity index (χ4n) is 2.49. The van der Waals surface area contributed by atoms with E-state index in [1.165, 1.54) is 12.1 Å². The van der Waals surface area contributed by atoms with E-state index in [4.69, 9.17) is 0 Å². The van der Waals surface area contributed by atoms with Gasteiger partial charge in [0.15, 0.2) is 15.0 Å². The van der Waals surface area contributed by atoms with Crippen molar-refractivity contribution in [2.45, 2.75) is 36.0 Å². The minimum atomic E-state index is -3.78. The molecule has 1 N–H and O–H groups in total. The Balaban J connectivity index is 1.91. The Hall–Kier alpha value is -1.97. The van der Waals surface area contributed by atoms with Gasteiger partial charge in [-0.05, 0) is 41.3 Å². The molecule has 0 unspecified atom stereocenters. The molecule has 0 radical (unpaired) electrons. The Bertz CT molecular complexity index is 1200. The summed E-state index contributed by atoms with van der Waals surface area (Å²) in [7, 11) is -7.12. The summed E-state index contributed by atoms with van der Waals surface area (Å²) >= 11 is 1.09. The molecule has 0 fully saturated rings. The molecule has 3 aromatic rings. The van der Waals surface area contributed by atoms with Crippen LogP contribution in [0.4, 0.5) is 5.13 Å². The molecule has 0 spiro atoms. The number of thiazole rings is 1. The van der Waals surface area contributed by atoms with Gasteiger partial charge >= 0.3 is 0 Å². The first kappa shape index (κ1) is 19.8. The van der Waals surface area contributed by atoms with E-state index >= 15 is 0 Å². The summed E-state index contributed by atoms with van der Waals surface area (Å²) in [6, 6.07) is 11.3. The smallest absolute Gasteiger partial charge is 0.255 e. The topological polar surface area (TPSA) is 93.2 Å². The summed E-state index contributed by atoms with van der Waals surface area (Å²) in [5.74, 6) is 0. The Morgan fingerprint density at radius 1 is 0.926 bits per heavy atom. The van der Waals surface area contributed by atoms with Gasteiger partial charge in [-0.3, -0.25) is 4.72 Å². The van der Waals surface area contributed by atoms with Gasteiger partial charge in [-0.2, -0.15) is 0 Å². The van der Waals surface area contributed by atoms with E-state index < -0.39 is 19.9 Å². The average molecular weight is 425 g/mol. The number of benzene rings is 2. The number of fused-ring (bicyclic) bond motifs is 1. The Kier molecular flexibility index (Phi) is 4.82. The van der Waals surface area contributed by atoms with E-state index in [1.807, 2.05) is 0 Å². The molecule has 144 valence electrons. The van der Waals surface area contributed by atoms with Crippen molar-refractivity contribution >= 4 is 46.5 Å². The molecule has 0 saturated carbocycles. The SMILES string of the molecule is CC(C)(C)c1ccc(S(=O)(=O)Nc2nc3ccc(S(C)(=O)=O)cc3s2)cc1. The average Bonchev–Trinajstić information content (AvgIpc) is 2.93. The highest BCUT2D eigenvalue weighted by Gasteiger charge is 2.19. The third kappa shape index (κ3) is 4.31. The molecule has 0 aliphatic carbocycles. The second-order valence-corrected chi connectivity index (χ2v) is 12.0. The largest absolute Gasteiger partial charge is 0.263 e. The number of aromatic nitrogens is 1. The summed E-state index contributed by atoms with van der Waals surface area (Å²) < 4.78 is 51.7. The maximum Gasteiger partial charge on any atom is 0.263 e. The first-order valence-corrected chi connectivity index (χ1v) is 12.3. The minimum Gasteiger partial charge on any atom is -0.255 e. The van der Waals surface area contributed by atoms with Gasteiger partial charge in [0.2, 0.25) is 0 Å². The molecule has 0 aliphatic rings. The van der Waals surface area contributed by atoms with Gasteiger partial charge in [0.1, 0.15) is 0 Å². The predicted octanol–water partition coefficient (Wildman–Crippen LogP) is 3.80. The van der Waals surface area contributed by atoms with E-state index in [2.05, 4.69) is 30.5 Å². The molecule has 1 heterocycles. The number of sulfonamides is 1. The lowest BCUT2D eigenvalue weighted by atomic mass is 9.87. The molecule has 0 bridgehead atoms. The van der Waals surface area contributed by atoms with Crippen molar-refractivity contribution < 1.29 is 16.8 Å². The van der Waals surface area contributed by atoms with E-state index in [9.17, 15) is 16.8 Å². The molecule has 0 saturated heterocycles. The highest BCUT2D eigenvalue weighted by atomic mass is 32.2. The zero-order valence-corrected chi connectivity index (χ0v) is 17.8. The molecule has 9 heteroatoms. The van der Waals surface area contributed by atoms with Crippen LogP contribution >= 0.6 is 11.3 Å². The van der Waals surface area contributed by atoms with Crippen molar-refractivity contribution in [1.29, 1.82) is 0 Å². The van der Waals surface area contributed by atoms with Gasteiger partial charge in [0, 0.05) is 6.26 Å². The molecule has 0 atom stereocenters. The standard InChI is InChI=1S/C18H20N2O4S3/c1-18(2,3)12-5-7-13(8-6-12)27(23,24)20-17-19-15-10-9-14(26(4,21)22)11-16(15)25-17/h5-11H,1-4H3,(H,19,20). The molecular formula is C18H20N2O4S3. The van der Waals surface area contributed by atoms with Crippen LogP contribution in [0.25, 0.3) is 10.2 Å². The number of nitrogens with one attached hydrogen (secondary N) is 1. The van der Waals surface area contributed by atoms with Gasteiger partial charge in [-0.25, -0.2) is 21.8 Å². The van der Waals surface area contributed by atoms with Crippen LogP contribution in [-0.2, 0) is 25.3 Å².